The second kappa shape index (κ2) is 8.02. The molecule has 4 heteroatoms. The van der Waals surface area contributed by atoms with Gasteiger partial charge >= 0.3 is 0 Å². The molecule has 0 aliphatic carbocycles. The Morgan fingerprint density at radius 2 is 1.71 bits per heavy atom. The molecule has 2 aromatic rings. The highest BCUT2D eigenvalue weighted by molar-refractivity contribution is 5.91. The van der Waals surface area contributed by atoms with Crippen LogP contribution in [0.2, 0.25) is 0 Å². The quantitative estimate of drug-likeness (QED) is 0.427. The second-order valence-electron chi connectivity index (χ2n) is 5.60. The number of benzene rings is 2. The molecule has 0 saturated carbocycles. The fourth-order valence-corrected chi connectivity index (χ4v) is 2.18. The van der Waals surface area contributed by atoms with Crippen LogP contribution >= 0.6 is 0 Å². The van der Waals surface area contributed by atoms with Crippen molar-refractivity contribution in [1.29, 1.82) is 0 Å². The Morgan fingerprint density at radius 1 is 1.00 bits per heavy atom. The molecule has 0 saturated heterocycles. The Kier molecular flexibility index (Phi) is 5.79. The number of ketones is 1. The fraction of sp³-hybridized carbons (Fsp3) is 0.150. The Morgan fingerprint density at radius 3 is 2.38 bits per heavy atom. The van der Waals surface area contributed by atoms with Crippen LogP contribution in [0.1, 0.15) is 24.5 Å². The van der Waals surface area contributed by atoms with Crippen molar-refractivity contribution in [2.24, 2.45) is 0 Å². The number of hydrogen-bond acceptors (Lipinski definition) is 4. The van der Waals surface area contributed by atoms with E-state index in [1.807, 2.05) is 6.92 Å². The van der Waals surface area contributed by atoms with Gasteiger partial charge in [-0.15, -0.1) is 0 Å². The van der Waals surface area contributed by atoms with Gasteiger partial charge < -0.3 is 15.3 Å². The van der Waals surface area contributed by atoms with Gasteiger partial charge in [-0.3, -0.25) is 4.79 Å². The SMILES string of the molecule is CC(/C=C/c1ccc(O)c(O)c1)=C\C(=O)CCc1ccc(O)cc1. The van der Waals surface area contributed by atoms with Gasteiger partial charge in [0.2, 0.25) is 0 Å². The highest BCUT2D eigenvalue weighted by Crippen LogP contribution is 2.25. The first-order valence-electron chi connectivity index (χ1n) is 7.63. The summed E-state index contributed by atoms with van der Waals surface area (Å²) in [4.78, 5) is 12.0. The average molecular weight is 324 g/mol. The summed E-state index contributed by atoms with van der Waals surface area (Å²) in [6.45, 7) is 1.83. The van der Waals surface area contributed by atoms with Gasteiger partial charge in [0.1, 0.15) is 5.75 Å². The van der Waals surface area contributed by atoms with Crippen LogP contribution in [0.4, 0.5) is 0 Å². The number of carbonyl (C=O) groups excluding carboxylic acids is 1. The van der Waals surface area contributed by atoms with Crippen molar-refractivity contribution >= 4 is 11.9 Å². The smallest absolute Gasteiger partial charge is 0.157 e. The van der Waals surface area contributed by atoms with Gasteiger partial charge in [-0.05, 0) is 60.4 Å². The monoisotopic (exact) mass is 324 g/mol. The summed E-state index contributed by atoms with van der Waals surface area (Å²) in [7, 11) is 0. The van der Waals surface area contributed by atoms with Crippen molar-refractivity contribution in [1.82, 2.24) is 0 Å². The first kappa shape index (κ1) is 17.3. The largest absolute Gasteiger partial charge is 0.508 e. The minimum Gasteiger partial charge on any atom is -0.508 e. The molecule has 0 amide bonds. The third-order valence-corrected chi connectivity index (χ3v) is 3.52. The fourth-order valence-electron chi connectivity index (χ4n) is 2.18. The van der Waals surface area contributed by atoms with Crippen LogP contribution in [-0.4, -0.2) is 21.1 Å². The molecule has 0 atom stereocenters. The van der Waals surface area contributed by atoms with Crippen LogP contribution in [0.15, 0.2) is 60.2 Å². The van der Waals surface area contributed by atoms with Crippen LogP contribution in [0.3, 0.4) is 0 Å². The number of phenolic OH excluding ortho intramolecular Hbond substituents is 3. The molecule has 0 heterocycles. The van der Waals surface area contributed by atoms with Crippen LogP contribution < -0.4 is 0 Å². The van der Waals surface area contributed by atoms with Crippen molar-refractivity contribution in [3.63, 3.8) is 0 Å². The zero-order valence-corrected chi connectivity index (χ0v) is 13.4. The van der Waals surface area contributed by atoms with E-state index in [0.29, 0.717) is 12.8 Å². The Labute approximate surface area is 141 Å². The van der Waals surface area contributed by atoms with E-state index in [1.165, 1.54) is 12.1 Å². The number of allylic oxidation sites excluding steroid dienone is 3. The summed E-state index contributed by atoms with van der Waals surface area (Å²) in [6.07, 6.45) is 6.15. The molecule has 0 bridgehead atoms. The van der Waals surface area contributed by atoms with Crippen molar-refractivity contribution in [2.45, 2.75) is 19.8 Å². The van der Waals surface area contributed by atoms with Crippen molar-refractivity contribution in [3.8, 4) is 17.2 Å². The number of carbonyl (C=O) groups is 1. The summed E-state index contributed by atoms with van der Waals surface area (Å²) in [5.41, 5.74) is 2.54. The van der Waals surface area contributed by atoms with Crippen molar-refractivity contribution in [3.05, 3.63) is 71.3 Å². The zero-order chi connectivity index (χ0) is 17.5. The topological polar surface area (TPSA) is 77.8 Å². The van der Waals surface area contributed by atoms with Gasteiger partial charge in [-0.25, -0.2) is 0 Å². The van der Waals surface area contributed by atoms with E-state index >= 15 is 0 Å². The molecule has 0 aliphatic heterocycles. The van der Waals surface area contributed by atoms with Crippen molar-refractivity contribution in [2.75, 3.05) is 0 Å². The van der Waals surface area contributed by atoms with Gasteiger partial charge in [0.25, 0.3) is 0 Å². The maximum absolute atomic E-state index is 12.0. The lowest BCUT2D eigenvalue weighted by atomic mass is 10.1. The van der Waals surface area contributed by atoms with Crippen LogP contribution in [0.5, 0.6) is 17.2 Å². The summed E-state index contributed by atoms with van der Waals surface area (Å²) in [5.74, 6) is -0.0995. The molecule has 2 aromatic carbocycles. The molecule has 0 aliphatic rings. The summed E-state index contributed by atoms with van der Waals surface area (Å²) in [6, 6.07) is 11.4. The van der Waals surface area contributed by atoms with Crippen LogP contribution in [0, 0.1) is 0 Å². The maximum atomic E-state index is 12.0. The highest BCUT2D eigenvalue weighted by Gasteiger charge is 2.01. The molecule has 0 spiro atoms. The Hall–Kier alpha value is -3.01. The van der Waals surface area contributed by atoms with Gasteiger partial charge in [-0.1, -0.05) is 30.4 Å². The molecule has 4 nitrogen and oxygen atoms in total. The number of aryl methyl sites for hydroxylation is 1. The summed E-state index contributed by atoms with van der Waals surface area (Å²) in [5, 5.41) is 27.9. The lowest BCUT2D eigenvalue weighted by molar-refractivity contribution is -0.114. The lowest BCUT2D eigenvalue weighted by Crippen LogP contribution is -1.96. The molecule has 0 aromatic heterocycles. The molecule has 0 radical (unpaired) electrons. The van der Waals surface area contributed by atoms with E-state index in [0.717, 1.165) is 16.7 Å². The number of phenols is 3. The molecule has 3 N–H and O–H groups in total. The number of aromatic hydroxyl groups is 3. The van der Waals surface area contributed by atoms with E-state index in [-0.39, 0.29) is 23.0 Å². The summed E-state index contributed by atoms with van der Waals surface area (Å²) < 4.78 is 0. The Bertz CT molecular complexity index is 771. The first-order chi connectivity index (χ1) is 11.4. The standard InChI is InChI=1S/C20H20O4/c1-14(2-3-16-7-11-19(23)20(24)13-16)12-18(22)10-6-15-4-8-17(21)9-5-15/h2-5,7-9,11-13,21,23-24H,6,10H2,1H3/b3-2+,14-12+. The second-order valence-corrected chi connectivity index (χ2v) is 5.60. The summed E-state index contributed by atoms with van der Waals surface area (Å²) >= 11 is 0. The molecule has 0 unspecified atom stereocenters. The first-order valence-corrected chi connectivity index (χ1v) is 7.63. The van der Waals surface area contributed by atoms with Gasteiger partial charge in [0, 0.05) is 6.42 Å². The van der Waals surface area contributed by atoms with E-state index in [2.05, 4.69) is 0 Å². The predicted molar refractivity (Wildman–Crippen MR) is 94.0 cm³/mol. The zero-order valence-electron chi connectivity index (χ0n) is 13.4. The molecule has 0 fully saturated rings. The van der Waals surface area contributed by atoms with Gasteiger partial charge in [0.05, 0.1) is 0 Å². The minimum atomic E-state index is -0.177. The minimum absolute atomic E-state index is 0.0266. The Balaban J connectivity index is 1.91. The van der Waals surface area contributed by atoms with Gasteiger partial charge in [0.15, 0.2) is 17.3 Å². The van der Waals surface area contributed by atoms with E-state index in [9.17, 15) is 20.1 Å². The van der Waals surface area contributed by atoms with E-state index < -0.39 is 0 Å². The molecule has 124 valence electrons. The molecular weight excluding hydrogens is 304 g/mol. The van der Waals surface area contributed by atoms with Crippen LogP contribution in [0.25, 0.3) is 6.08 Å². The normalized spacial score (nSPS) is 11.8. The number of hydrogen-bond donors (Lipinski definition) is 3. The third-order valence-electron chi connectivity index (χ3n) is 3.52. The molecule has 24 heavy (non-hydrogen) atoms. The highest BCUT2D eigenvalue weighted by atomic mass is 16.3. The van der Waals surface area contributed by atoms with E-state index in [4.69, 9.17) is 0 Å². The molecule has 2 rings (SSSR count). The maximum Gasteiger partial charge on any atom is 0.157 e. The average Bonchev–Trinajstić information content (AvgIpc) is 2.55. The number of rotatable bonds is 6. The van der Waals surface area contributed by atoms with Crippen LogP contribution in [-0.2, 0) is 11.2 Å². The molecular formula is C20H20O4. The van der Waals surface area contributed by atoms with E-state index in [1.54, 1.807) is 48.6 Å². The lowest BCUT2D eigenvalue weighted by Gasteiger charge is -2.00. The third kappa shape index (κ3) is 5.32. The van der Waals surface area contributed by atoms with Gasteiger partial charge in [-0.2, -0.15) is 0 Å². The van der Waals surface area contributed by atoms with Crippen molar-refractivity contribution < 1.29 is 20.1 Å². The predicted octanol–water partition coefficient (Wildman–Crippen LogP) is 3.96.